The van der Waals surface area contributed by atoms with Crippen LogP contribution in [0.1, 0.15) is 17.0 Å². The summed E-state index contributed by atoms with van der Waals surface area (Å²) in [7, 11) is 0. The Kier molecular flexibility index (Phi) is 5.14. The second kappa shape index (κ2) is 7.34. The molecule has 0 saturated carbocycles. The lowest BCUT2D eigenvalue weighted by atomic mass is 9.92. The summed E-state index contributed by atoms with van der Waals surface area (Å²) < 4.78 is 0.951. The van der Waals surface area contributed by atoms with Crippen molar-refractivity contribution in [2.24, 2.45) is 0 Å². The van der Waals surface area contributed by atoms with E-state index in [9.17, 15) is 14.9 Å². The molecule has 26 heavy (non-hydrogen) atoms. The number of benzene rings is 2. The number of hydrogen-bond acceptors (Lipinski definition) is 4. The Morgan fingerprint density at radius 2 is 1.69 bits per heavy atom. The highest BCUT2D eigenvalue weighted by Gasteiger charge is 2.21. The zero-order valence-electron chi connectivity index (χ0n) is 12.9. The third-order valence-electron chi connectivity index (χ3n) is 3.64. The monoisotopic (exact) mass is 411 g/mol. The van der Waals surface area contributed by atoms with Crippen molar-refractivity contribution in [3.05, 3.63) is 89.6 Å². The summed E-state index contributed by atoms with van der Waals surface area (Å²) in [5.74, 6) is -0.721. The lowest BCUT2D eigenvalue weighted by Crippen LogP contribution is -2.30. The summed E-state index contributed by atoms with van der Waals surface area (Å²) >= 11 is 18.6. The minimum Gasteiger partial charge on any atom is -0.271 e. The summed E-state index contributed by atoms with van der Waals surface area (Å²) in [6, 6.07) is 11.8. The van der Waals surface area contributed by atoms with Gasteiger partial charge >= 0.3 is 5.69 Å². The van der Waals surface area contributed by atoms with Crippen molar-refractivity contribution in [1.82, 2.24) is 14.8 Å². The second-order valence-electron chi connectivity index (χ2n) is 5.29. The molecule has 0 amide bonds. The number of hydrogen-bond donors (Lipinski definition) is 1. The first-order valence-corrected chi connectivity index (χ1v) is 8.37. The van der Waals surface area contributed by atoms with Gasteiger partial charge in [-0.15, -0.1) is 0 Å². The van der Waals surface area contributed by atoms with Gasteiger partial charge in [0, 0.05) is 20.6 Å². The average Bonchev–Trinajstić information content (AvgIpc) is 2.59. The molecule has 0 radical (unpaired) electrons. The highest BCUT2D eigenvalue weighted by Crippen LogP contribution is 2.37. The standard InChI is InChI=1S/C17H9Cl3N4O2/c18-10-3-1-9(2-4-10)12(7-21)16-13(19)5-11(6-14(16)20)24-17(26)23-15(25)8-22-24/h1-6,8,12H,(H,23,25,26)/i8+1,15+1,17+1,22+1,23+1. The molecule has 1 heterocycles. The summed E-state index contributed by atoms with van der Waals surface area (Å²) in [5, 5.41) is 14.3. The molecule has 0 spiro atoms. The van der Waals surface area contributed by atoms with Crippen LogP contribution in [0.2, 0.25) is 15.1 Å². The Morgan fingerprint density at radius 3 is 2.23 bits per heavy atom. The zero-order valence-corrected chi connectivity index (χ0v) is 15.2. The second-order valence-corrected chi connectivity index (χ2v) is 6.54. The molecule has 1 unspecified atom stereocenters. The normalized spacial score (nSPS) is 11.8. The average molecular weight is 413 g/mol. The Bertz CT molecular complexity index is 1110. The van der Waals surface area contributed by atoms with Crippen LogP contribution in [0.25, 0.3) is 5.69 Å². The quantitative estimate of drug-likeness (QED) is 0.712. The molecule has 0 fully saturated rings. The lowest BCUT2D eigenvalue weighted by Gasteiger charge is -2.15. The van der Waals surface area contributed by atoms with E-state index in [2.05, 4.69) is 16.2 Å². The summed E-state index contributed by atoms with van der Waals surface area (Å²) in [6.45, 7) is 0. The minimum absolute atomic E-state index is 0.189. The Balaban J connectivity index is 2.12. The molecular formula is C17H9Cl3N4O2. The van der Waals surface area contributed by atoms with Crippen molar-refractivity contribution in [2.45, 2.75) is 5.92 Å². The van der Waals surface area contributed by atoms with E-state index in [1.165, 1.54) is 12.1 Å². The van der Waals surface area contributed by atoms with E-state index < -0.39 is 17.2 Å². The topological polar surface area (TPSA) is 91.5 Å². The molecule has 9 heteroatoms. The molecule has 6 nitrogen and oxygen atoms in total. The highest BCUT2D eigenvalue weighted by atomic mass is 35.5. The van der Waals surface area contributed by atoms with E-state index in [0.717, 1.165) is 10.9 Å². The smallest absolute Gasteiger partial charge is 0.271 e. The Labute approximate surface area is 162 Å². The summed E-state index contributed by atoms with van der Waals surface area (Å²) in [6.07, 6.45) is 0.961. The van der Waals surface area contributed by atoms with Gasteiger partial charge in [-0.1, -0.05) is 46.9 Å². The third-order valence-corrected chi connectivity index (χ3v) is 4.52. The van der Waals surface area contributed by atoms with Gasteiger partial charge in [0.25, 0.3) is 5.56 Å². The van der Waals surface area contributed by atoms with Gasteiger partial charge in [-0.05, 0) is 29.8 Å². The number of aromatic amines is 1. The molecule has 1 atom stereocenters. The van der Waals surface area contributed by atoms with Gasteiger partial charge in [0.15, 0.2) is 0 Å². The fourth-order valence-electron chi connectivity index (χ4n) is 2.47. The number of nitriles is 1. The first-order valence-electron chi connectivity index (χ1n) is 7.23. The maximum atomic E-state index is 11.9. The van der Waals surface area contributed by atoms with Gasteiger partial charge in [-0.2, -0.15) is 15.0 Å². The SMILES string of the molecule is N#CC(c1ccc(Cl)cc1)c1c(Cl)cc(-n2[15n][13cH][13c](=O)[15nH][13c]2=O)cc1Cl. The van der Waals surface area contributed by atoms with Crippen LogP contribution in [0.5, 0.6) is 0 Å². The van der Waals surface area contributed by atoms with Crippen molar-refractivity contribution in [1.29, 1.82) is 5.26 Å². The highest BCUT2D eigenvalue weighted by molar-refractivity contribution is 6.36. The Hall–Kier alpha value is -2.59. The van der Waals surface area contributed by atoms with Gasteiger partial charge in [0.1, 0.15) is 6.20 Å². The number of H-pyrrole nitrogens is 1. The van der Waals surface area contributed by atoms with Crippen molar-refractivity contribution in [3.63, 3.8) is 0 Å². The van der Waals surface area contributed by atoms with E-state index in [0.29, 0.717) is 16.1 Å². The molecule has 0 aliphatic rings. The predicted octanol–water partition coefficient (Wildman–Crippen LogP) is 3.54. The molecule has 3 aromatic rings. The van der Waals surface area contributed by atoms with Crippen LogP contribution < -0.4 is 11.2 Å². The van der Waals surface area contributed by atoms with E-state index in [1.54, 1.807) is 24.3 Å². The van der Waals surface area contributed by atoms with Crippen molar-refractivity contribution < 1.29 is 0 Å². The van der Waals surface area contributed by atoms with Crippen molar-refractivity contribution >= 4 is 34.8 Å². The predicted molar refractivity (Wildman–Crippen MR) is 99.4 cm³/mol. The molecule has 0 saturated heterocycles. The Morgan fingerprint density at radius 1 is 1.08 bits per heavy atom. The van der Waals surface area contributed by atoms with Crippen LogP contribution in [-0.4, -0.2) is 14.8 Å². The van der Waals surface area contributed by atoms with Crippen LogP contribution >= 0.6 is 34.8 Å². The van der Waals surface area contributed by atoms with Crippen LogP contribution in [-0.2, 0) is 0 Å². The van der Waals surface area contributed by atoms with E-state index in [4.69, 9.17) is 34.8 Å². The first kappa shape index (κ1) is 18.2. The van der Waals surface area contributed by atoms with Crippen molar-refractivity contribution in [2.75, 3.05) is 0 Å². The van der Waals surface area contributed by atoms with Crippen LogP contribution in [0, 0.1) is 11.3 Å². The van der Waals surface area contributed by atoms with Crippen molar-refractivity contribution in [3.8, 4) is 11.8 Å². The molecule has 3 rings (SSSR count). The van der Waals surface area contributed by atoms with Gasteiger partial charge < -0.3 is 0 Å². The van der Waals surface area contributed by atoms with Crippen LogP contribution in [0.4, 0.5) is 0 Å². The largest absolute Gasteiger partial charge is 0.349 e. The van der Waals surface area contributed by atoms with Crippen LogP contribution in [0.3, 0.4) is 0 Å². The van der Waals surface area contributed by atoms with E-state index in [-0.39, 0.29) is 15.7 Å². The number of nitrogens with one attached hydrogen (secondary N) is 1. The lowest BCUT2D eigenvalue weighted by molar-refractivity contribution is 0.749. The molecule has 0 bridgehead atoms. The van der Waals surface area contributed by atoms with Crippen LogP contribution in [0.15, 0.2) is 52.2 Å². The third kappa shape index (κ3) is 3.51. The van der Waals surface area contributed by atoms with E-state index in [1.807, 2.05) is 0 Å². The van der Waals surface area contributed by atoms with Gasteiger partial charge in [-0.25, -0.2) is 4.79 Å². The molecule has 0 aliphatic carbocycles. The van der Waals surface area contributed by atoms with E-state index >= 15 is 0 Å². The van der Waals surface area contributed by atoms with Gasteiger partial charge in [0.2, 0.25) is 0 Å². The molecule has 1 aromatic heterocycles. The van der Waals surface area contributed by atoms with Gasteiger partial charge in [0.05, 0.1) is 17.7 Å². The molecule has 0 aliphatic heterocycles. The molecule has 2 aromatic carbocycles. The molecule has 1 N–H and O–H groups in total. The molecule has 130 valence electrons. The molecular weight excluding hydrogens is 404 g/mol. The first-order chi connectivity index (χ1) is 12.4. The summed E-state index contributed by atoms with van der Waals surface area (Å²) in [5.41, 5.74) is -0.00998. The number of halogens is 3. The van der Waals surface area contributed by atoms with Gasteiger partial charge in [-0.3, -0.25) is 9.78 Å². The maximum Gasteiger partial charge on any atom is 0.349 e. The summed E-state index contributed by atoms with van der Waals surface area (Å²) in [4.78, 5) is 25.1. The number of rotatable bonds is 3. The zero-order chi connectivity index (χ0) is 18.8. The number of aromatic nitrogens is 3. The number of nitrogens with zero attached hydrogens (tertiary/aromatic N) is 3. The maximum absolute atomic E-state index is 11.9. The fraction of sp³-hybridized carbons (Fsp3) is 0.0588. The fourth-order valence-corrected chi connectivity index (χ4v) is 3.29. The minimum atomic E-state index is -0.730.